The normalized spacial score (nSPS) is 17.5. The van der Waals surface area contributed by atoms with Crippen LogP contribution in [0.25, 0.3) is 11.5 Å². The number of carbonyl (C=O) groups is 1. The Kier molecular flexibility index (Phi) is 3.73. The van der Waals surface area contributed by atoms with Gasteiger partial charge in [-0.2, -0.15) is 5.10 Å². The number of likely N-dealkylation sites (tertiary alicyclic amines) is 1. The molecule has 0 unspecified atom stereocenters. The van der Waals surface area contributed by atoms with Crippen molar-refractivity contribution in [3.63, 3.8) is 0 Å². The van der Waals surface area contributed by atoms with E-state index in [4.69, 9.17) is 4.74 Å². The molecule has 1 aliphatic heterocycles. The second-order valence-corrected chi connectivity index (χ2v) is 4.90. The number of aromatic nitrogens is 4. The number of nitrogens with zero attached hydrogens (tertiary/aromatic N) is 3. The first-order valence-corrected chi connectivity index (χ1v) is 6.86. The molecule has 1 saturated heterocycles. The van der Waals surface area contributed by atoms with Gasteiger partial charge in [-0.1, -0.05) is 12.6 Å². The smallest absolute Gasteiger partial charge is 0.340 e. The number of hydrogen-bond acceptors (Lipinski definition) is 5. The summed E-state index contributed by atoms with van der Waals surface area (Å²) >= 11 is 0. The van der Waals surface area contributed by atoms with Crippen molar-refractivity contribution < 1.29 is 9.53 Å². The van der Waals surface area contributed by atoms with Gasteiger partial charge in [0.2, 0.25) is 11.8 Å². The third-order valence-electron chi connectivity index (χ3n) is 3.39. The van der Waals surface area contributed by atoms with Crippen LogP contribution in [0.15, 0.2) is 35.6 Å². The summed E-state index contributed by atoms with van der Waals surface area (Å²) < 4.78 is 5.80. The Morgan fingerprint density at radius 2 is 2.36 bits per heavy atom. The highest BCUT2D eigenvalue weighted by Gasteiger charge is 2.26. The minimum absolute atomic E-state index is 0.0955. The summed E-state index contributed by atoms with van der Waals surface area (Å²) in [5, 5.41) is 6.12. The molecule has 2 aromatic rings. The van der Waals surface area contributed by atoms with E-state index in [1.807, 2.05) is 0 Å². The van der Waals surface area contributed by atoms with E-state index in [9.17, 15) is 9.59 Å². The number of H-pyrrole nitrogens is 2. The fraction of sp³-hybridized carbons (Fsp3) is 0.286. The minimum Gasteiger partial charge on any atom is -0.472 e. The maximum absolute atomic E-state index is 11.5. The van der Waals surface area contributed by atoms with E-state index in [1.165, 1.54) is 6.08 Å². The van der Waals surface area contributed by atoms with Crippen molar-refractivity contribution in [3.8, 4) is 17.4 Å². The first kappa shape index (κ1) is 14.1. The number of amides is 1. The molecule has 1 atom stereocenters. The highest BCUT2D eigenvalue weighted by Crippen LogP contribution is 2.19. The number of nitrogens with one attached hydrogen (secondary N) is 2. The van der Waals surface area contributed by atoms with E-state index >= 15 is 0 Å². The second-order valence-electron chi connectivity index (χ2n) is 4.90. The highest BCUT2D eigenvalue weighted by atomic mass is 16.5. The molecule has 1 aliphatic rings. The summed E-state index contributed by atoms with van der Waals surface area (Å²) in [5.74, 6) is 0.687. The Balaban J connectivity index is 1.70. The van der Waals surface area contributed by atoms with E-state index in [-0.39, 0.29) is 12.0 Å². The molecule has 8 nitrogen and oxygen atoms in total. The summed E-state index contributed by atoms with van der Waals surface area (Å²) in [6.07, 6.45) is 1.93. The van der Waals surface area contributed by atoms with Crippen molar-refractivity contribution >= 4 is 5.91 Å². The van der Waals surface area contributed by atoms with E-state index in [0.29, 0.717) is 30.5 Å². The fourth-order valence-electron chi connectivity index (χ4n) is 2.33. The van der Waals surface area contributed by atoms with Crippen molar-refractivity contribution in [1.29, 1.82) is 0 Å². The molecule has 0 aliphatic carbocycles. The number of hydrogen-bond donors (Lipinski definition) is 2. The molecule has 0 bridgehead atoms. The number of aromatic amines is 2. The Morgan fingerprint density at radius 3 is 3.09 bits per heavy atom. The second kappa shape index (κ2) is 5.84. The molecular weight excluding hydrogens is 286 g/mol. The average Bonchev–Trinajstić information content (AvgIpc) is 3.16. The molecule has 114 valence electrons. The van der Waals surface area contributed by atoms with E-state index in [1.54, 1.807) is 23.1 Å². The van der Waals surface area contributed by atoms with Gasteiger partial charge in [0.25, 0.3) is 0 Å². The zero-order valence-electron chi connectivity index (χ0n) is 11.8. The van der Waals surface area contributed by atoms with Crippen molar-refractivity contribution in [2.75, 3.05) is 13.1 Å². The van der Waals surface area contributed by atoms with Gasteiger partial charge in [0.1, 0.15) is 11.8 Å². The summed E-state index contributed by atoms with van der Waals surface area (Å²) in [6.45, 7) is 4.63. The Morgan fingerprint density at radius 1 is 1.50 bits per heavy atom. The van der Waals surface area contributed by atoms with Crippen molar-refractivity contribution in [3.05, 3.63) is 41.3 Å². The predicted molar refractivity (Wildman–Crippen MR) is 78.2 cm³/mol. The summed E-state index contributed by atoms with van der Waals surface area (Å²) in [7, 11) is 0. The van der Waals surface area contributed by atoms with E-state index in [2.05, 4.69) is 26.7 Å². The molecule has 22 heavy (non-hydrogen) atoms. The molecule has 8 heteroatoms. The van der Waals surface area contributed by atoms with Gasteiger partial charge in [0, 0.05) is 19.0 Å². The van der Waals surface area contributed by atoms with Crippen LogP contribution in [-0.4, -0.2) is 50.2 Å². The summed E-state index contributed by atoms with van der Waals surface area (Å²) in [4.78, 5) is 31.2. The Bertz CT molecular complexity index is 751. The van der Waals surface area contributed by atoms with Crippen LogP contribution < -0.4 is 10.4 Å². The molecule has 0 aromatic carbocycles. The topological polar surface area (TPSA) is 104 Å². The molecule has 1 fully saturated rings. The average molecular weight is 301 g/mol. The quantitative estimate of drug-likeness (QED) is 0.792. The van der Waals surface area contributed by atoms with Crippen LogP contribution in [0.4, 0.5) is 0 Å². The zero-order valence-corrected chi connectivity index (χ0v) is 11.8. The van der Waals surface area contributed by atoms with Crippen molar-refractivity contribution in [2.24, 2.45) is 0 Å². The monoisotopic (exact) mass is 301 g/mol. The molecule has 1 amide bonds. The molecule has 2 N–H and O–H groups in total. The first-order chi connectivity index (χ1) is 10.7. The standard InChI is InChI=1S/C14H15N5O3/c1-2-12(20)19-7-6-9(8-19)22-11-5-3-4-10(15-11)13-16-14(21)18-17-13/h2-5,9H,1,6-8H2,(H2,16,17,18,21)/t9-/m0/s1. The van der Waals surface area contributed by atoms with Gasteiger partial charge >= 0.3 is 5.69 Å². The molecule has 2 aromatic heterocycles. The number of ether oxygens (including phenoxy) is 1. The van der Waals surface area contributed by atoms with Gasteiger partial charge in [-0.05, 0) is 12.1 Å². The zero-order chi connectivity index (χ0) is 15.5. The lowest BCUT2D eigenvalue weighted by molar-refractivity contribution is -0.125. The van der Waals surface area contributed by atoms with Crippen molar-refractivity contribution in [1.82, 2.24) is 25.1 Å². The Hall–Kier alpha value is -2.90. The molecular formula is C14H15N5O3. The maximum atomic E-state index is 11.5. The van der Waals surface area contributed by atoms with Gasteiger partial charge in [-0.15, -0.1) is 0 Å². The van der Waals surface area contributed by atoms with Crippen molar-refractivity contribution in [2.45, 2.75) is 12.5 Å². The Labute approximate surface area is 125 Å². The largest absolute Gasteiger partial charge is 0.472 e. The van der Waals surface area contributed by atoms with E-state index < -0.39 is 5.69 Å². The van der Waals surface area contributed by atoms with Crippen LogP contribution in [0.2, 0.25) is 0 Å². The summed E-state index contributed by atoms with van der Waals surface area (Å²) in [6, 6.07) is 5.22. The molecule has 0 radical (unpaired) electrons. The molecule has 0 saturated carbocycles. The lowest BCUT2D eigenvalue weighted by Crippen LogP contribution is -2.29. The van der Waals surface area contributed by atoms with Gasteiger partial charge < -0.3 is 9.64 Å². The number of pyridine rings is 1. The van der Waals surface area contributed by atoms with Crippen LogP contribution >= 0.6 is 0 Å². The summed E-state index contributed by atoms with van der Waals surface area (Å²) in [5.41, 5.74) is 0.116. The van der Waals surface area contributed by atoms with Crippen LogP contribution in [0.5, 0.6) is 5.88 Å². The van der Waals surface area contributed by atoms with Crippen LogP contribution in [0.1, 0.15) is 6.42 Å². The van der Waals surface area contributed by atoms with Gasteiger partial charge in [0.05, 0.1) is 6.54 Å². The third-order valence-corrected chi connectivity index (χ3v) is 3.39. The minimum atomic E-state index is -0.391. The lowest BCUT2D eigenvalue weighted by Gasteiger charge is -2.15. The fourth-order valence-corrected chi connectivity index (χ4v) is 2.33. The van der Waals surface area contributed by atoms with Crippen LogP contribution in [0, 0.1) is 0 Å². The van der Waals surface area contributed by atoms with Crippen LogP contribution in [0.3, 0.4) is 0 Å². The molecule has 3 heterocycles. The molecule has 0 spiro atoms. The van der Waals surface area contributed by atoms with Gasteiger partial charge in [-0.3, -0.25) is 9.78 Å². The third kappa shape index (κ3) is 2.90. The van der Waals surface area contributed by atoms with Gasteiger partial charge in [0.15, 0.2) is 5.82 Å². The van der Waals surface area contributed by atoms with Gasteiger partial charge in [-0.25, -0.2) is 14.9 Å². The number of rotatable bonds is 4. The van der Waals surface area contributed by atoms with E-state index in [0.717, 1.165) is 6.42 Å². The number of carbonyl (C=O) groups excluding carboxylic acids is 1. The molecule has 3 rings (SSSR count). The van der Waals surface area contributed by atoms with Crippen LogP contribution in [-0.2, 0) is 4.79 Å². The first-order valence-electron chi connectivity index (χ1n) is 6.86. The SMILES string of the molecule is C=CC(=O)N1CC[C@H](Oc2cccc(-c3n[nH]c(=O)[nH]3)n2)C1. The lowest BCUT2D eigenvalue weighted by atomic mass is 10.3. The highest BCUT2D eigenvalue weighted by molar-refractivity contribution is 5.87. The predicted octanol–water partition coefficient (Wildman–Crippen LogP) is 0.326. The maximum Gasteiger partial charge on any atom is 0.340 e.